The lowest BCUT2D eigenvalue weighted by Crippen LogP contribution is -2.44. The fourth-order valence-corrected chi connectivity index (χ4v) is 3.60. The maximum Gasteiger partial charge on any atom is -0.0380 e. The molecule has 0 heteroatoms. The van der Waals surface area contributed by atoms with Crippen LogP contribution in [0.2, 0.25) is 0 Å². The highest BCUT2D eigenvalue weighted by atomic mass is 14.5. The quantitative estimate of drug-likeness (QED) is 0.480. The second-order valence-corrected chi connectivity index (χ2v) is 4.68. The Hall–Kier alpha value is 0. The van der Waals surface area contributed by atoms with Gasteiger partial charge in [-0.15, -0.1) is 0 Å². The molecule has 0 N–H and O–H groups in total. The molecule has 0 aliphatic heterocycles. The molecule has 2 unspecified atom stereocenters. The van der Waals surface area contributed by atoms with Crippen LogP contribution in [0.4, 0.5) is 0 Å². The summed E-state index contributed by atoms with van der Waals surface area (Å²) in [5.41, 5.74) is 0. The Balaban J connectivity index is 1.86. The number of hydrogen-bond acceptors (Lipinski definition) is 0. The van der Waals surface area contributed by atoms with Crippen molar-refractivity contribution in [1.29, 1.82) is 0 Å². The first kappa shape index (κ1) is 5.62. The van der Waals surface area contributed by atoms with E-state index >= 15 is 0 Å². The molecule has 4 fully saturated rings. The van der Waals surface area contributed by atoms with Gasteiger partial charge in [0.2, 0.25) is 0 Å². The third kappa shape index (κ3) is 0.580. The van der Waals surface area contributed by atoms with Crippen molar-refractivity contribution in [3.05, 3.63) is 0 Å². The van der Waals surface area contributed by atoms with Crippen molar-refractivity contribution in [3.63, 3.8) is 0 Å². The molecule has 56 valence electrons. The normalized spacial score (nSPS) is 57.6. The second kappa shape index (κ2) is 1.78. The summed E-state index contributed by atoms with van der Waals surface area (Å²) in [6, 6.07) is 0. The summed E-state index contributed by atoms with van der Waals surface area (Å²) in [5, 5.41) is 0. The van der Waals surface area contributed by atoms with Crippen molar-refractivity contribution in [3.8, 4) is 0 Å². The van der Waals surface area contributed by atoms with Gasteiger partial charge >= 0.3 is 0 Å². The Bertz CT molecular complexity index is 130. The fourth-order valence-electron chi connectivity index (χ4n) is 3.60. The molecule has 4 aliphatic carbocycles. The van der Waals surface area contributed by atoms with Crippen LogP contribution >= 0.6 is 0 Å². The van der Waals surface area contributed by atoms with Gasteiger partial charge in [-0.3, -0.25) is 0 Å². The molecule has 0 amide bonds. The van der Waals surface area contributed by atoms with Crippen molar-refractivity contribution < 1.29 is 0 Å². The van der Waals surface area contributed by atoms with E-state index in [9.17, 15) is 0 Å². The van der Waals surface area contributed by atoms with Crippen LogP contribution < -0.4 is 0 Å². The second-order valence-electron chi connectivity index (χ2n) is 4.68. The smallest absolute Gasteiger partial charge is 0.0380 e. The lowest BCUT2D eigenvalue weighted by molar-refractivity contribution is -0.0368. The lowest BCUT2D eigenvalue weighted by atomic mass is 9.51. The van der Waals surface area contributed by atoms with Gasteiger partial charge in [0, 0.05) is 0 Å². The molecule has 4 bridgehead atoms. The van der Waals surface area contributed by atoms with Crippen LogP contribution in [0.3, 0.4) is 0 Å². The molecule has 4 rings (SSSR count). The number of hydrogen-bond donors (Lipinski definition) is 0. The highest BCUT2D eigenvalue weighted by molar-refractivity contribution is 4.97. The Morgan fingerprint density at radius 2 is 1.10 bits per heavy atom. The Morgan fingerprint density at radius 3 is 1.60 bits per heavy atom. The first-order valence-electron chi connectivity index (χ1n) is 4.93. The zero-order valence-electron chi connectivity index (χ0n) is 6.55. The Labute approximate surface area is 63.0 Å². The van der Waals surface area contributed by atoms with Crippen molar-refractivity contribution in [2.75, 3.05) is 0 Å². The minimum Gasteiger partial charge on any atom is -0.0528 e. The van der Waals surface area contributed by atoms with Crippen LogP contribution in [0.5, 0.6) is 0 Å². The van der Waals surface area contributed by atoms with E-state index < -0.39 is 0 Å². The van der Waals surface area contributed by atoms with Crippen LogP contribution in [0.15, 0.2) is 0 Å². The molecule has 2 atom stereocenters. The SMILES string of the molecule is C1CC2CC(C1)C1CC2C1. The zero-order valence-corrected chi connectivity index (χ0v) is 6.55. The molecular weight excluding hydrogens is 120 g/mol. The van der Waals surface area contributed by atoms with Crippen molar-refractivity contribution in [1.82, 2.24) is 0 Å². The number of rotatable bonds is 0. The van der Waals surface area contributed by atoms with E-state index in [1.54, 1.807) is 38.5 Å². The highest BCUT2D eigenvalue weighted by Crippen LogP contribution is 2.57. The van der Waals surface area contributed by atoms with Gasteiger partial charge < -0.3 is 0 Å². The van der Waals surface area contributed by atoms with E-state index in [-0.39, 0.29) is 0 Å². The molecule has 0 radical (unpaired) electrons. The molecule has 0 aromatic carbocycles. The third-order valence-electron chi connectivity index (χ3n) is 4.30. The van der Waals surface area contributed by atoms with Gasteiger partial charge in [0.1, 0.15) is 0 Å². The van der Waals surface area contributed by atoms with Crippen LogP contribution in [-0.2, 0) is 0 Å². The van der Waals surface area contributed by atoms with Gasteiger partial charge in [0.05, 0.1) is 0 Å². The standard InChI is InChI=1S/C10H16/c1-2-7-4-8(3-1)10-5-9(7)6-10/h7-10H,1-6H2. The highest BCUT2D eigenvalue weighted by Gasteiger charge is 2.46. The molecule has 0 nitrogen and oxygen atoms in total. The van der Waals surface area contributed by atoms with Crippen molar-refractivity contribution in [2.24, 2.45) is 23.7 Å². The summed E-state index contributed by atoms with van der Waals surface area (Å²) in [6.45, 7) is 0. The summed E-state index contributed by atoms with van der Waals surface area (Å²) in [4.78, 5) is 0. The van der Waals surface area contributed by atoms with Gasteiger partial charge in [0.25, 0.3) is 0 Å². The van der Waals surface area contributed by atoms with E-state index in [0.29, 0.717) is 0 Å². The average molecular weight is 136 g/mol. The van der Waals surface area contributed by atoms with E-state index in [4.69, 9.17) is 0 Å². The molecule has 0 spiro atoms. The average Bonchev–Trinajstić information content (AvgIpc) is 1.83. The molecule has 0 aromatic rings. The summed E-state index contributed by atoms with van der Waals surface area (Å²) >= 11 is 0. The molecule has 10 heavy (non-hydrogen) atoms. The lowest BCUT2D eigenvalue weighted by Gasteiger charge is -2.54. The van der Waals surface area contributed by atoms with Crippen molar-refractivity contribution >= 4 is 0 Å². The first-order chi connectivity index (χ1) is 4.93. The van der Waals surface area contributed by atoms with Gasteiger partial charge in [-0.2, -0.15) is 0 Å². The fraction of sp³-hybridized carbons (Fsp3) is 1.00. The maximum atomic E-state index is 1.62. The van der Waals surface area contributed by atoms with Gasteiger partial charge in [-0.05, 0) is 42.9 Å². The third-order valence-corrected chi connectivity index (χ3v) is 4.30. The van der Waals surface area contributed by atoms with Gasteiger partial charge in [-0.25, -0.2) is 0 Å². The summed E-state index contributed by atoms with van der Waals surface area (Å²) in [5.74, 6) is 4.76. The summed E-state index contributed by atoms with van der Waals surface area (Å²) < 4.78 is 0. The van der Waals surface area contributed by atoms with E-state index in [0.717, 1.165) is 0 Å². The van der Waals surface area contributed by atoms with Crippen LogP contribution in [0.1, 0.15) is 38.5 Å². The van der Waals surface area contributed by atoms with E-state index in [1.165, 1.54) is 23.7 Å². The molecule has 0 saturated heterocycles. The summed E-state index contributed by atoms with van der Waals surface area (Å²) in [7, 11) is 0. The summed E-state index contributed by atoms with van der Waals surface area (Å²) in [6.07, 6.45) is 9.57. The molecular formula is C10H16. The zero-order chi connectivity index (χ0) is 6.55. The van der Waals surface area contributed by atoms with Gasteiger partial charge in [-0.1, -0.05) is 19.3 Å². The molecule has 4 aliphatic rings. The largest absolute Gasteiger partial charge is 0.0528 e. The predicted molar refractivity (Wildman–Crippen MR) is 41.7 cm³/mol. The monoisotopic (exact) mass is 136 g/mol. The van der Waals surface area contributed by atoms with Crippen LogP contribution in [0, 0.1) is 23.7 Å². The predicted octanol–water partition coefficient (Wildman–Crippen LogP) is 2.83. The molecule has 0 heterocycles. The first-order valence-corrected chi connectivity index (χ1v) is 4.93. The minimum atomic E-state index is 1.18. The van der Waals surface area contributed by atoms with E-state index in [1.807, 2.05) is 0 Å². The topological polar surface area (TPSA) is 0 Å². The Morgan fingerprint density at radius 1 is 0.600 bits per heavy atom. The van der Waals surface area contributed by atoms with Crippen molar-refractivity contribution in [2.45, 2.75) is 38.5 Å². The molecule has 0 aromatic heterocycles. The van der Waals surface area contributed by atoms with Crippen LogP contribution in [-0.4, -0.2) is 0 Å². The minimum absolute atomic E-state index is 1.18. The Kier molecular flexibility index (Phi) is 1.00. The van der Waals surface area contributed by atoms with Crippen LogP contribution in [0.25, 0.3) is 0 Å². The van der Waals surface area contributed by atoms with E-state index in [2.05, 4.69) is 0 Å². The van der Waals surface area contributed by atoms with Gasteiger partial charge in [0.15, 0.2) is 0 Å². The maximum absolute atomic E-state index is 1.62. The molecule has 4 saturated carbocycles.